The van der Waals surface area contributed by atoms with Crippen LogP contribution in [0, 0.1) is 0 Å². The molecule has 188 valence electrons. The van der Waals surface area contributed by atoms with Crippen molar-refractivity contribution in [3.05, 3.63) is 84.2 Å². The normalized spacial score (nSPS) is 18.7. The molecule has 1 saturated heterocycles. The largest absolute Gasteiger partial charge is 0.443 e. The lowest BCUT2D eigenvalue weighted by Crippen LogP contribution is -2.47. The Kier molecular flexibility index (Phi) is 7.00. The van der Waals surface area contributed by atoms with Gasteiger partial charge in [0.2, 0.25) is 5.91 Å². The minimum Gasteiger partial charge on any atom is -0.443 e. The average Bonchev–Trinajstić information content (AvgIpc) is 2.83. The van der Waals surface area contributed by atoms with Crippen molar-refractivity contribution in [3.8, 4) is 11.1 Å². The third-order valence-electron chi connectivity index (χ3n) is 6.19. The van der Waals surface area contributed by atoms with Crippen molar-refractivity contribution in [1.82, 2.24) is 9.88 Å². The minimum absolute atomic E-state index is 0.131. The Morgan fingerprint density at radius 1 is 0.944 bits per heavy atom. The maximum Gasteiger partial charge on any atom is 0.417 e. The smallest absolute Gasteiger partial charge is 0.417 e. The van der Waals surface area contributed by atoms with Gasteiger partial charge in [0.1, 0.15) is 5.60 Å². The zero-order valence-electron chi connectivity index (χ0n) is 20.8. The van der Waals surface area contributed by atoms with Gasteiger partial charge in [-0.3, -0.25) is 9.78 Å². The lowest BCUT2D eigenvalue weighted by molar-refractivity contribution is -0.133. The van der Waals surface area contributed by atoms with Crippen LogP contribution in [0.3, 0.4) is 0 Å². The van der Waals surface area contributed by atoms with E-state index in [9.17, 15) is 18.0 Å². The van der Waals surface area contributed by atoms with Crippen molar-refractivity contribution in [1.29, 1.82) is 0 Å². The number of hydrogen-bond acceptors (Lipinski definition) is 6. The van der Waals surface area contributed by atoms with Gasteiger partial charge in [-0.05, 0) is 43.5 Å². The topological polar surface area (TPSA) is 93.6 Å². The van der Waals surface area contributed by atoms with Gasteiger partial charge in [0.15, 0.2) is 9.84 Å². The summed E-state index contributed by atoms with van der Waals surface area (Å²) < 4.78 is 29.6. The van der Waals surface area contributed by atoms with Crippen LogP contribution >= 0.6 is 0 Å². The third kappa shape index (κ3) is 5.82. The first-order valence-electron chi connectivity index (χ1n) is 11.8. The van der Waals surface area contributed by atoms with Crippen LogP contribution in [0.25, 0.3) is 11.1 Å². The molecule has 2 atom stereocenters. The quantitative estimate of drug-likeness (QED) is 0.484. The highest BCUT2D eigenvalue weighted by Gasteiger charge is 2.40. The van der Waals surface area contributed by atoms with Crippen LogP contribution in [0.2, 0.25) is 0 Å². The predicted octanol–water partition coefficient (Wildman–Crippen LogP) is 5.19. The van der Waals surface area contributed by atoms with E-state index in [0.717, 1.165) is 22.9 Å². The number of hydrogen-bond donors (Lipinski definition) is 0. The molecule has 36 heavy (non-hydrogen) atoms. The van der Waals surface area contributed by atoms with Gasteiger partial charge in [0.25, 0.3) is 0 Å². The zero-order valence-corrected chi connectivity index (χ0v) is 21.7. The first-order valence-corrected chi connectivity index (χ1v) is 13.7. The number of imide groups is 1. The van der Waals surface area contributed by atoms with E-state index in [1.165, 1.54) is 11.1 Å². The number of benzene rings is 2. The summed E-state index contributed by atoms with van der Waals surface area (Å²) in [5.41, 5.74) is 2.71. The Hall–Kier alpha value is -3.52. The summed E-state index contributed by atoms with van der Waals surface area (Å²) in [6, 6.07) is 19.2. The lowest BCUT2D eigenvalue weighted by Gasteiger charge is -2.38. The van der Waals surface area contributed by atoms with E-state index in [1.54, 1.807) is 33.0 Å². The highest BCUT2D eigenvalue weighted by Crippen LogP contribution is 2.41. The molecule has 1 fully saturated rings. The van der Waals surface area contributed by atoms with Gasteiger partial charge >= 0.3 is 6.09 Å². The molecule has 2 amide bonds. The van der Waals surface area contributed by atoms with Crippen LogP contribution in [0.5, 0.6) is 0 Å². The van der Waals surface area contributed by atoms with Gasteiger partial charge in [0.05, 0.1) is 4.90 Å². The van der Waals surface area contributed by atoms with Crippen molar-refractivity contribution in [2.24, 2.45) is 0 Å². The Labute approximate surface area is 212 Å². The second kappa shape index (κ2) is 9.85. The van der Waals surface area contributed by atoms with Gasteiger partial charge < -0.3 is 4.74 Å². The molecular weight excluding hydrogens is 476 g/mol. The molecule has 3 aromatic rings. The number of sulfone groups is 1. The lowest BCUT2D eigenvalue weighted by atomic mass is 9.76. The predicted molar refractivity (Wildman–Crippen MR) is 137 cm³/mol. The summed E-state index contributed by atoms with van der Waals surface area (Å²) in [5.74, 6) is -0.577. The number of aromatic nitrogens is 1. The van der Waals surface area contributed by atoms with Crippen LogP contribution in [0.1, 0.15) is 50.2 Å². The molecule has 2 heterocycles. The van der Waals surface area contributed by atoms with E-state index >= 15 is 0 Å². The van der Waals surface area contributed by atoms with Crippen LogP contribution < -0.4 is 0 Å². The first kappa shape index (κ1) is 25.6. The maximum absolute atomic E-state index is 13.1. The Morgan fingerprint density at radius 3 is 2.31 bits per heavy atom. The average molecular weight is 507 g/mol. The number of ether oxygens (including phenoxy) is 1. The molecule has 4 rings (SSSR count). The molecule has 0 spiro atoms. The van der Waals surface area contributed by atoms with Crippen molar-refractivity contribution in [3.63, 3.8) is 0 Å². The highest BCUT2D eigenvalue weighted by molar-refractivity contribution is 7.90. The molecule has 7 nitrogen and oxygen atoms in total. The summed E-state index contributed by atoms with van der Waals surface area (Å²) >= 11 is 0. The molecule has 0 aliphatic carbocycles. The molecule has 0 saturated carbocycles. The monoisotopic (exact) mass is 506 g/mol. The summed E-state index contributed by atoms with van der Waals surface area (Å²) in [6.07, 6.45) is 3.63. The summed E-state index contributed by atoms with van der Waals surface area (Å²) in [5, 5.41) is 0. The number of amides is 2. The van der Waals surface area contributed by atoms with E-state index < -0.39 is 21.5 Å². The van der Waals surface area contributed by atoms with E-state index in [0.29, 0.717) is 5.56 Å². The molecule has 2 aromatic carbocycles. The van der Waals surface area contributed by atoms with Crippen molar-refractivity contribution < 1.29 is 22.7 Å². The Bertz CT molecular complexity index is 1380. The van der Waals surface area contributed by atoms with Crippen molar-refractivity contribution in [2.75, 3.05) is 12.8 Å². The highest BCUT2D eigenvalue weighted by atomic mass is 32.2. The van der Waals surface area contributed by atoms with E-state index in [-0.39, 0.29) is 35.6 Å². The Balaban J connectivity index is 1.74. The van der Waals surface area contributed by atoms with E-state index in [2.05, 4.69) is 4.98 Å². The van der Waals surface area contributed by atoms with Crippen molar-refractivity contribution in [2.45, 2.75) is 49.5 Å². The molecule has 0 bridgehead atoms. The molecule has 0 N–H and O–H groups in total. The fourth-order valence-electron chi connectivity index (χ4n) is 4.48. The molecule has 1 aliphatic heterocycles. The van der Waals surface area contributed by atoms with Crippen LogP contribution in [-0.2, 0) is 19.4 Å². The second-order valence-corrected chi connectivity index (χ2v) is 12.1. The molecular formula is C28H30N2O5S. The summed E-state index contributed by atoms with van der Waals surface area (Å²) in [7, 11) is -3.40. The van der Waals surface area contributed by atoms with Crippen molar-refractivity contribution >= 4 is 21.8 Å². The van der Waals surface area contributed by atoms with Crippen LogP contribution in [0.15, 0.2) is 78.0 Å². The van der Waals surface area contributed by atoms with Gasteiger partial charge in [-0.15, -0.1) is 0 Å². The number of carbonyl (C=O) groups is 2. The second-order valence-electron chi connectivity index (χ2n) is 10.1. The third-order valence-corrected chi connectivity index (χ3v) is 7.27. The molecule has 0 radical (unpaired) electrons. The van der Waals surface area contributed by atoms with E-state index in [1.807, 2.05) is 54.6 Å². The molecule has 1 aromatic heterocycles. The van der Waals surface area contributed by atoms with Gasteiger partial charge in [-0.1, -0.05) is 54.6 Å². The fourth-order valence-corrected chi connectivity index (χ4v) is 5.07. The van der Waals surface area contributed by atoms with Gasteiger partial charge in [-0.2, -0.15) is 0 Å². The zero-order chi connectivity index (χ0) is 26.1. The number of nitrogens with zero attached hydrogens (tertiary/aromatic N) is 2. The summed E-state index contributed by atoms with van der Waals surface area (Å²) in [4.78, 5) is 31.4. The summed E-state index contributed by atoms with van der Waals surface area (Å²) in [6.45, 7) is 5.49. The van der Waals surface area contributed by atoms with Crippen LogP contribution in [-0.4, -0.2) is 48.7 Å². The van der Waals surface area contributed by atoms with E-state index in [4.69, 9.17) is 4.74 Å². The first-order chi connectivity index (χ1) is 16.9. The molecule has 8 heteroatoms. The SMILES string of the molecule is CC(C)(C)OC(=O)N1C[C@@H](c2cccc(-c3cncc(S(C)(=O)=O)c3)c2)[C@@H](c2ccccc2)CC1=O. The fraction of sp³-hybridized carbons (Fsp3) is 0.321. The minimum atomic E-state index is -3.40. The van der Waals surface area contributed by atoms with Gasteiger partial charge in [0, 0.05) is 49.0 Å². The maximum atomic E-state index is 13.1. The molecule has 0 unspecified atom stereocenters. The number of carbonyl (C=O) groups excluding carboxylic acids is 2. The number of pyridine rings is 1. The van der Waals surface area contributed by atoms with Crippen LogP contribution in [0.4, 0.5) is 4.79 Å². The number of likely N-dealkylation sites (tertiary alicyclic amines) is 1. The standard InChI is InChI=1S/C28H30N2O5S/c1-28(2,3)35-27(32)30-18-25(24(15-26(30)31)19-9-6-5-7-10-19)21-12-8-11-20(13-21)22-14-23(17-29-16-22)36(4,33)34/h5-14,16-17,24-25H,15,18H2,1-4H3/t24-,25+/m1/s1. The number of rotatable bonds is 4. The Morgan fingerprint density at radius 2 is 1.64 bits per heavy atom. The molecule has 1 aliphatic rings. The van der Waals surface area contributed by atoms with Gasteiger partial charge in [-0.25, -0.2) is 18.1 Å². The number of piperidine rings is 1.